The number of amides is 1. The highest BCUT2D eigenvalue weighted by Gasteiger charge is 2.28. The van der Waals surface area contributed by atoms with Gasteiger partial charge in [-0.3, -0.25) is 9.69 Å². The predicted octanol–water partition coefficient (Wildman–Crippen LogP) is 6.19. The number of hydrogen-bond donors (Lipinski definition) is 1. The molecule has 1 saturated heterocycles. The molecule has 1 amide bonds. The molecule has 0 saturated carbocycles. The lowest BCUT2D eigenvalue weighted by Gasteiger charge is -2.36. The highest BCUT2D eigenvalue weighted by molar-refractivity contribution is 5.89. The summed E-state index contributed by atoms with van der Waals surface area (Å²) >= 11 is 0. The zero-order chi connectivity index (χ0) is 22.7. The molecule has 3 aromatic carbocycles. The number of fused-ring (bicyclic) bond motifs is 1. The molecule has 1 aliphatic heterocycles. The Bertz CT molecular complexity index is 1090. The van der Waals surface area contributed by atoms with Gasteiger partial charge in [0.25, 0.3) is 0 Å². The Hall–Kier alpha value is -2.72. The van der Waals surface area contributed by atoms with Crippen molar-refractivity contribution in [1.82, 2.24) is 10.2 Å². The number of nitrogens with zero attached hydrogens (tertiary/aromatic N) is 1. The van der Waals surface area contributed by atoms with Crippen molar-refractivity contribution >= 4 is 16.7 Å². The summed E-state index contributed by atoms with van der Waals surface area (Å²) in [5.41, 5.74) is 3.55. The van der Waals surface area contributed by atoms with Gasteiger partial charge in [-0.25, -0.2) is 4.39 Å². The largest absolute Gasteiger partial charge is 0.352 e. The van der Waals surface area contributed by atoms with Gasteiger partial charge in [0.2, 0.25) is 5.91 Å². The maximum absolute atomic E-state index is 13.3. The Labute approximate surface area is 190 Å². The number of nitrogens with one attached hydrogen (secondary N) is 1. The second-order valence-corrected chi connectivity index (χ2v) is 9.28. The first-order valence-corrected chi connectivity index (χ1v) is 11.7. The molecular formula is C28H33FN2O. The molecule has 4 rings (SSSR count). The van der Waals surface area contributed by atoms with Crippen LogP contribution in [0.3, 0.4) is 0 Å². The highest BCUT2D eigenvalue weighted by atomic mass is 19.1. The third-order valence-corrected chi connectivity index (χ3v) is 6.87. The summed E-state index contributed by atoms with van der Waals surface area (Å²) < 4.78 is 13.3. The molecule has 1 heterocycles. The SMILES string of the molecule is CC(C)c1ccc(C(C)N2CCC(C(=O)NCc3cccc(F)c3)CC2)c2ccccc12. The van der Waals surface area contributed by atoms with Gasteiger partial charge >= 0.3 is 0 Å². The van der Waals surface area contributed by atoms with Crippen LogP contribution in [0.4, 0.5) is 4.39 Å². The zero-order valence-electron chi connectivity index (χ0n) is 19.3. The van der Waals surface area contributed by atoms with E-state index in [2.05, 4.69) is 67.4 Å². The van der Waals surface area contributed by atoms with Crippen molar-refractivity contribution in [3.63, 3.8) is 0 Å². The molecule has 1 fully saturated rings. The van der Waals surface area contributed by atoms with Crippen molar-refractivity contribution < 1.29 is 9.18 Å². The fourth-order valence-electron chi connectivity index (χ4n) is 4.94. The number of likely N-dealkylation sites (tertiary alicyclic amines) is 1. The molecule has 1 unspecified atom stereocenters. The van der Waals surface area contributed by atoms with E-state index >= 15 is 0 Å². The van der Waals surface area contributed by atoms with E-state index in [0.29, 0.717) is 18.5 Å². The van der Waals surface area contributed by atoms with Crippen LogP contribution in [0.2, 0.25) is 0 Å². The van der Waals surface area contributed by atoms with Gasteiger partial charge < -0.3 is 5.32 Å². The van der Waals surface area contributed by atoms with Gasteiger partial charge in [0.1, 0.15) is 5.82 Å². The van der Waals surface area contributed by atoms with Crippen LogP contribution >= 0.6 is 0 Å². The average molecular weight is 433 g/mol. The molecule has 168 valence electrons. The number of carbonyl (C=O) groups excluding carboxylic acids is 1. The maximum atomic E-state index is 13.3. The van der Waals surface area contributed by atoms with Crippen molar-refractivity contribution in [2.24, 2.45) is 5.92 Å². The standard InChI is InChI=1S/C28H33FN2O/c1-19(2)24-11-12-25(27-10-5-4-9-26(24)27)20(3)31-15-13-22(14-16-31)28(32)30-18-21-7-6-8-23(29)17-21/h4-12,17,19-20,22H,13-16,18H2,1-3H3,(H,30,32). The van der Waals surface area contributed by atoms with Gasteiger partial charge in [-0.15, -0.1) is 0 Å². The first kappa shape index (κ1) is 22.5. The highest BCUT2D eigenvalue weighted by Crippen LogP contribution is 2.34. The quantitative estimate of drug-likeness (QED) is 0.504. The second kappa shape index (κ2) is 9.83. The minimum absolute atomic E-state index is 0.0204. The number of rotatable bonds is 6. The third kappa shape index (κ3) is 4.86. The molecule has 3 nitrogen and oxygen atoms in total. The van der Waals surface area contributed by atoms with Crippen LogP contribution in [-0.4, -0.2) is 23.9 Å². The number of halogens is 1. The topological polar surface area (TPSA) is 32.3 Å². The minimum atomic E-state index is -0.270. The van der Waals surface area contributed by atoms with Crippen LogP contribution < -0.4 is 5.32 Å². The third-order valence-electron chi connectivity index (χ3n) is 6.87. The molecule has 32 heavy (non-hydrogen) atoms. The van der Waals surface area contributed by atoms with Crippen molar-refractivity contribution in [3.05, 3.63) is 83.2 Å². The summed E-state index contributed by atoms with van der Waals surface area (Å²) in [6.07, 6.45) is 1.70. The van der Waals surface area contributed by atoms with Crippen molar-refractivity contribution in [1.29, 1.82) is 0 Å². The summed E-state index contributed by atoms with van der Waals surface area (Å²) in [5.74, 6) is 0.319. The van der Waals surface area contributed by atoms with E-state index < -0.39 is 0 Å². The van der Waals surface area contributed by atoms with Crippen molar-refractivity contribution in [3.8, 4) is 0 Å². The lowest BCUT2D eigenvalue weighted by Crippen LogP contribution is -2.41. The lowest BCUT2D eigenvalue weighted by atomic mass is 9.89. The first-order chi connectivity index (χ1) is 15.4. The Morgan fingerprint density at radius 2 is 1.62 bits per heavy atom. The van der Waals surface area contributed by atoms with Crippen LogP contribution in [0.5, 0.6) is 0 Å². The molecule has 1 atom stereocenters. The fraction of sp³-hybridized carbons (Fsp3) is 0.393. The predicted molar refractivity (Wildman–Crippen MR) is 129 cm³/mol. The summed E-state index contributed by atoms with van der Waals surface area (Å²) in [6, 6.07) is 20.0. The minimum Gasteiger partial charge on any atom is -0.352 e. The summed E-state index contributed by atoms with van der Waals surface area (Å²) in [4.78, 5) is 15.1. The van der Waals surface area contributed by atoms with Crippen LogP contribution in [0.1, 0.15) is 62.3 Å². The van der Waals surface area contributed by atoms with Crippen LogP contribution in [0.25, 0.3) is 10.8 Å². The number of carbonyl (C=O) groups is 1. The van der Waals surface area contributed by atoms with E-state index in [1.807, 2.05) is 6.07 Å². The second-order valence-electron chi connectivity index (χ2n) is 9.28. The Kier molecular flexibility index (Phi) is 6.90. The van der Waals surface area contributed by atoms with Crippen molar-refractivity contribution in [2.75, 3.05) is 13.1 Å². The molecule has 1 N–H and O–H groups in total. The van der Waals surface area contributed by atoms with Gasteiger partial charge in [0.05, 0.1) is 0 Å². The summed E-state index contributed by atoms with van der Waals surface area (Å²) in [6.45, 7) is 8.95. The Balaban J connectivity index is 1.39. The Morgan fingerprint density at radius 3 is 2.28 bits per heavy atom. The molecule has 4 heteroatoms. The summed E-state index contributed by atoms with van der Waals surface area (Å²) in [5, 5.41) is 5.67. The normalized spacial score (nSPS) is 16.4. The number of piperidine rings is 1. The number of hydrogen-bond acceptors (Lipinski definition) is 2. The Morgan fingerprint density at radius 1 is 0.969 bits per heavy atom. The van der Waals surface area contributed by atoms with E-state index in [1.165, 1.54) is 34.0 Å². The van der Waals surface area contributed by atoms with E-state index in [4.69, 9.17) is 0 Å². The average Bonchev–Trinajstić information content (AvgIpc) is 2.81. The molecule has 3 aromatic rings. The first-order valence-electron chi connectivity index (χ1n) is 11.7. The molecule has 0 spiro atoms. The van der Waals surface area contributed by atoms with Crippen LogP contribution in [0, 0.1) is 11.7 Å². The molecule has 0 radical (unpaired) electrons. The van der Waals surface area contributed by atoms with Crippen LogP contribution in [0.15, 0.2) is 60.7 Å². The molecule has 0 aliphatic carbocycles. The van der Waals surface area contributed by atoms with Gasteiger partial charge in [0.15, 0.2) is 0 Å². The summed E-state index contributed by atoms with van der Waals surface area (Å²) in [7, 11) is 0. The number of benzene rings is 3. The van der Waals surface area contributed by atoms with E-state index in [0.717, 1.165) is 31.5 Å². The fourth-order valence-corrected chi connectivity index (χ4v) is 4.94. The van der Waals surface area contributed by atoms with Gasteiger partial charge in [0, 0.05) is 18.5 Å². The molecule has 1 aliphatic rings. The lowest BCUT2D eigenvalue weighted by molar-refractivity contribution is -0.126. The van der Waals surface area contributed by atoms with E-state index in [1.54, 1.807) is 6.07 Å². The van der Waals surface area contributed by atoms with E-state index in [9.17, 15) is 9.18 Å². The molecular weight excluding hydrogens is 399 g/mol. The maximum Gasteiger partial charge on any atom is 0.223 e. The smallest absolute Gasteiger partial charge is 0.223 e. The van der Waals surface area contributed by atoms with E-state index in [-0.39, 0.29) is 17.6 Å². The molecule has 0 aromatic heterocycles. The van der Waals surface area contributed by atoms with Gasteiger partial charge in [-0.05, 0) is 78.4 Å². The zero-order valence-corrected chi connectivity index (χ0v) is 19.3. The monoisotopic (exact) mass is 432 g/mol. The van der Waals surface area contributed by atoms with Gasteiger partial charge in [-0.2, -0.15) is 0 Å². The van der Waals surface area contributed by atoms with Crippen molar-refractivity contribution in [2.45, 2.75) is 52.1 Å². The van der Waals surface area contributed by atoms with Crippen LogP contribution in [-0.2, 0) is 11.3 Å². The van der Waals surface area contributed by atoms with Gasteiger partial charge in [-0.1, -0.05) is 62.4 Å². The molecule has 0 bridgehead atoms.